The number of hydrogen-bond acceptors (Lipinski definition) is 7. The number of nitrogens with zero attached hydrogens (tertiary/aromatic N) is 3. The van der Waals surface area contributed by atoms with Crippen LogP contribution in [0.25, 0.3) is 0 Å². The number of carbonyl (C=O) groups excluding carboxylic acids is 1. The second-order valence-corrected chi connectivity index (χ2v) is 9.92. The molecule has 0 bridgehead atoms. The van der Waals surface area contributed by atoms with E-state index in [1.165, 1.54) is 5.56 Å². The molecule has 1 aromatic heterocycles. The summed E-state index contributed by atoms with van der Waals surface area (Å²) in [6, 6.07) is 11.8. The predicted octanol–water partition coefficient (Wildman–Crippen LogP) is 4.54. The number of ketones is 1. The third-order valence-corrected chi connectivity index (χ3v) is 7.76. The molecular formula is C25H25ClN4O2S. The van der Waals surface area contributed by atoms with Crippen LogP contribution in [0.15, 0.2) is 58.4 Å². The lowest BCUT2D eigenvalue weighted by Crippen LogP contribution is -2.38. The molecule has 0 saturated carbocycles. The van der Waals surface area contributed by atoms with Crippen molar-refractivity contribution in [3.63, 3.8) is 0 Å². The first kappa shape index (κ1) is 22.2. The zero-order chi connectivity index (χ0) is 22.9. The molecule has 8 heteroatoms. The highest BCUT2D eigenvalue weighted by Gasteiger charge is 2.40. The number of nitrogens with two attached hydrogens (primary N) is 1. The van der Waals surface area contributed by atoms with Crippen LogP contribution in [0.2, 0.25) is 5.02 Å². The summed E-state index contributed by atoms with van der Waals surface area (Å²) in [6.07, 6.45) is 2.01. The van der Waals surface area contributed by atoms with E-state index in [4.69, 9.17) is 22.1 Å². The number of morpholine rings is 1. The van der Waals surface area contributed by atoms with Gasteiger partial charge in [-0.2, -0.15) is 5.26 Å². The highest BCUT2D eigenvalue weighted by atomic mass is 35.5. The maximum absolute atomic E-state index is 13.2. The average Bonchev–Trinajstić information content (AvgIpc) is 3.28. The first-order valence-electron chi connectivity index (χ1n) is 11.2. The fraction of sp³-hybridized carbons (Fsp3) is 0.360. The topological polar surface area (TPSA) is 82.6 Å². The number of carbonyl (C=O) groups is 1. The summed E-state index contributed by atoms with van der Waals surface area (Å²) < 4.78 is 5.45. The summed E-state index contributed by atoms with van der Waals surface area (Å²) in [7, 11) is 0. The van der Waals surface area contributed by atoms with Crippen LogP contribution in [0.1, 0.15) is 35.6 Å². The number of allylic oxidation sites excluding steroid dienone is 3. The zero-order valence-corrected chi connectivity index (χ0v) is 19.8. The monoisotopic (exact) mass is 480 g/mol. The number of anilines is 1. The Bertz CT molecular complexity index is 1170. The van der Waals surface area contributed by atoms with Gasteiger partial charge in [-0.15, -0.1) is 11.3 Å². The maximum atomic E-state index is 13.2. The third-order valence-electron chi connectivity index (χ3n) is 6.47. The van der Waals surface area contributed by atoms with Crippen molar-refractivity contribution >= 4 is 34.4 Å². The van der Waals surface area contributed by atoms with Crippen LogP contribution in [0, 0.1) is 11.3 Å². The molecule has 1 saturated heterocycles. The first-order valence-corrected chi connectivity index (χ1v) is 12.4. The number of benzene rings is 1. The largest absolute Gasteiger partial charge is 0.384 e. The second-order valence-electron chi connectivity index (χ2n) is 8.54. The van der Waals surface area contributed by atoms with Crippen molar-refractivity contribution in [2.75, 3.05) is 31.2 Å². The molecule has 2 aliphatic heterocycles. The van der Waals surface area contributed by atoms with Gasteiger partial charge < -0.3 is 10.5 Å². The molecule has 5 rings (SSSR count). The molecule has 0 radical (unpaired) electrons. The lowest BCUT2D eigenvalue weighted by atomic mass is 9.78. The van der Waals surface area contributed by atoms with Gasteiger partial charge in [0, 0.05) is 52.9 Å². The van der Waals surface area contributed by atoms with Gasteiger partial charge in [-0.05, 0) is 54.1 Å². The Morgan fingerprint density at radius 1 is 1.21 bits per heavy atom. The molecule has 1 atom stereocenters. The van der Waals surface area contributed by atoms with Gasteiger partial charge in [-0.3, -0.25) is 14.6 Å². The van der Waals surface area contributed by atoms with Gasteiger partial charge in [0.25, 0.3) is 0 Å². The van der Waals surface area contributed by atoms with Gasteiger partial charge in [0.2, 0.25) is 0 Å². The molecular weight excluding hydrogens is 456 g/mol. The van der Waals surface area contributed by atoms with Crippen LogP contribution >= 0.6 is 22.9 Å². The minimum absolute atomic E-state index is 0.101. The standard InChI is InChI=1S/C25H25ClN4O2S/c26-17-4-6-18(7-5-17)30-20-2-1-3-21(31)24(20)23(19(13-27)25(30)28)22-12-16(15-33-22)14-29-8-10-32-11-9-29/h4-7,12,15,23H,1-3,8-11,14,28H2/t23-/m1/s1. The molecule has 2 N–H and O–H groups in total. The summed E-state index contributed by atoms with van der Waals surface area (Å²) in [5.74, 6) is 0.0785. The van der Waals surface area contributed by atoms with E-state index in [9.17, 15) is 10.1 Å². The second kappa shape index (κ2) is 9.32. The number of Topliss-reactive ketones (excluding diaryl/α,β-unsaturated/α-hetero) is 1. The molecule has 2 aromatic rings. The Morgan fingerprint density at radius 2 is 1.97 bits per heavy atom. The number of ether oxygens (including phenoxy) is 1. The Labute approximate surface area is 202 Å². The van der Waals surface area contributed by atoms with Crippen molar-refractivity contribution in [1.82, 2.24) is 4.90 Å². The van der Waals surface area contributed by atoms with Crippen LogP contribution in [-0.4, -0.2) is 37.0 Å². The molecule has 1 aromatic carbocycles. The Morgan fingerprint density at radius 3 is 2.70 bits per heavy atom. The number of nitriles is 1. The van der Waals surface area contributed by atoms with Crippen molar-refractivity contribution in [3.05, 3.63) is 73.8 Å². The van der Waals surface area contributed by atoms with Gasteiger partial charge in [0.15, 0.2) is 5.78 Å². The van der Waals surface area contributed by atoms with Crippen LogP contribution < -0.4 is 10.6 Å². The minimum atomic E-state index is -0.412. The smallest absolute Gasteiger partial charge is 0.161 e. The lowest BCUT2D eigenvalue weighted by Gasteiger charge is -2.39. The van der Waals surface area contributed by atoms with Gasteiger partial charge >= 0.3 is 0 Å². The predicted molar refractivity (Wildman–Crippen MR) is 130 cm³/mol. The van der Waals surface area contributed by atoms with E-state index >= 15 is 0 Å². The van der Waals surface area contributed by atoms with E-state index in [-0.39, 0.29) is 5.78 Å². The summed E-state index contributed by atoms with van der Waals surface area (Å²) >= 11 is 7.69. The number of halogens is 1. The fourth-order valence-electron chi connectivity index (χ4n) is 4.90. The van der Waals surface area contributed by atoms with Crippen molar-refractivity contribution in [2.24, 2.45) is 5.73 Å². The molecule has 33 heavy (non-hydrogen) atoms. The molecule has 0 spiro atoms. The minimum Gasteiger partial charge on any atom is -0.384 e. The molecule has 6 nitrogen and oxygen atoms in total. The van der Waals surface area contributed by atoms with Crippen molar-refractivity contribution in [3.8, 4) is 6.07 Å². The van der Waals surface area contributed by atoms with E-state index in [0.717, 1.165) is 62.0 Å². The maximum Gasteiger partial charge on any atom is 0.161 e. The molecule has 3 aliphatic rings. The molecule has 3 heterocycles. The lowest BCUT2D eigenvalue weighted by molar-refractivity contribution is -0.116. The van der Waals surface area contributed by atoms with Crippen LogP contribution in [0.3, 0.4) is 0 Å². The number of hydrogen-bond donors (Lipinski definition) is 1. The summed E-state index contributed by atoms with van der Waals surface area (Å²) in [4.78, 5) is 18.5. The van der Waals surface area contributed by atoms with Gasteiger partial charge in [-0.25, -0.2) is 0 Å². The summed E-state index contributed by atoms with van der Waals surface area (Å²) in [5.41, 5.74) is 10.7. The van der Waals surface area contributed by atoms with E-state index < -0.39 is 5.92 Å². The Kier molecular flexibility index (Phi) is 6.26. The van der Waals surface area contributed by atoms with Crippen LogP contribution in [-0.2, 0) is 16.1 Å². The number of rotatable bonds is 4. The van der Waals surface area contributed by atoms with E-state index in [1.54, 1.807) is 23.5 Å². The normalized spacial score (nSPS) is 21.9. The average molecular weight is 481 g/mol. The van der Waals surface area contributed by atoms with Gasteiger partial charge in [0.05, 0.1) is 30.8 Å². The van der Waals surface area contributed by atoms with E-state index in [0.29, 0.717) is 28.4 Å². The third kappa shape index (κ3) is 4.20. The van der Waals surface area contributed by atoms with E-state index in [1.807, 2.05) is 17.0 Å². The van der Waals surface area contributed by atoms with Gasteiger partial charge in [-0.1, -0.05) is 11.6 Å². The zero-order valence-electron chi connectivity index (χ0n) is 18.2. The van der Waals surface area contributed by atoms with E-state index in [2.05, 4.69) is 22.4 Å². The first-order chi connectivity index (χ1) is 16.1. The van der Waals surface area contributed by atoms with Crippen LogP contribution in [0.4, 0.5) is 5.69 Å². The summed E-state index contributed by atoms with van der Waals surface area (Å²) in [5, 5.41) is 12.9. The van der Waals surface area contributed by atoms with Crippen molar-refractivity contribution in [2.45, 2.75) is 31.7 Å². The number of thiophene rings is 1. The van der Waals surface area contributed by atoms with Gasteiger partial charge in [0.1, 0.15) is 5.82 Å². The summed E-state index contributed by atoms with van der Waals surface area (Å²) in [6.45, 7) is 4.17. The van der Waals surface area contributed by atoms with Crippen molar-refractivity contribution in [1.29, 1.82) is 5.26 Å². The molecule has 0 unspecified atom stereocenters. The quantitative estimate of drug-likeness (QED) is 0.691. The van der Waals surface area contributed by atoms with Crippen molar-refractivity contribution < 1.29 is 9.53 Å². The molecule has 1 aliphatic carbocycles. The SMILES string of the molecule is N#CC1=C(N)N(c2ccc(Cl)cc2)C2=C(C(=O)CCC2)[C@H]1c1cc(CN2CCOCC2)cs1. The van der Waals surface area contributed by atoms with Crippen LogP contribution in [0.5, 0.6) is 0 Å². The Hall–Kier alpha value is -2.63. The molecule has 0 amide bonds. The molecule has 170 valence electrons. The highest BCUT2D eigenvalue weighted by molar-refractivity contribution is 7.10. The fourth-order valence-corrected chi connectivity index (χ4v) is 6.05. The molecule has 1 fully saturated rings. The highest BCUT2D eigenvalue weighted by Crippen LogP contribution is 2.47. The Balaban J connectivity index is 1.56.